The Labute approximate surface area is 193 Å². The van der Waals surface area contributed by atoms with Crippen molar-refractivity contribution in [2.45, 2.75) is 78.8 Å². The predicted molar refractivity (Wildman–Crippen MR) is 130 cm³/mol. The van der Waals surface area contributed by atoms with Crippen LogP contribution in [-0.4, -0.2) is 48.6 Å². The van der Waals surface area contributed by atoms with Crippen LogP contribution in [-0.2, 0) is 6.54 Å². The van der Waals surface area contributed by atoms with Gasteiger partial charge in [0.2, 0.25) is 5.89 Å². The topological polar surface area (TPSA) is 65.7 Å². The van der Waals surface area contributed by atoms with Crippen LogP contribution in [0.5, 0.6) is 0 Å². The van der Waals surface area contributed by atoms with Crippen molar-refractivity contribution in [2.75, 3.05) is 26.7 Å². The fourth-order valence-corrected chi connectivity index (χ4v) is 4.32. The zero-order valence-electron chi connectivity index (χ0n) is 18.9. The SMILES string of the molecule is CN=C(NCC1CCN(Cc2nc(C)c(C)o2)CC1)NC1CCC(C)(C)CC1.I. The molecule has 3 rings (SSSR count). The second-order valence-electron chi connectivity index (χ2n) is 9.50. The van der Waals surface area contributed by atoms with Crippen molar-refractivity contribution in [1.82, 2.24) is 20.5 Å². The summed E-state index contributed by atoms with van der Waals surface area (Å²) in [4.78, 5) is 11.4. The van der Waals surface area contributed by atoms with E-state index in [0.29, 0.717) is 17.4 Å². The van der Waals surface area contributed by atoms with Gasteiger partial charge in [0, 0.05) is 19.6 Å². The van der Waals surface area contributed by atoms with E-state index >= 15 is 0 Å². The maximum atomic E-state index is 5.73. The van der Waals surface area contributed by atoms with Crippen molar-refractivity contribution in [3.63, 3.8) is 0 Å². The summed E-state index contributed by atoms with van der Waals surface area (Å²) in [6.45, 7) is 12.8. The Morgan fingerprint density at radius 2 is 1.83 bits per heavy atom. The molecule has 0 aromatic carbocycles. The lowest BCUT2D eigenvalue weighted by molar-refractivity contribution is 0.164. The zero-order chi connectivity index (χ0) is 20.1. The van der Waals surface area contributed by atoms with Gasteiger partial charge in [-0.05, 0) is 76.8 Å². The third kappa shape index (κ3) is 7.42. The number of hydrogen-bond donors (Lipinski definition) is 2. The first-order valence-electron chi connectivity index (χ1n) is 11.0. The van der Waals surface area contributed by atoms with Gasteiger partial charge in [0.1, 0.15) is 5.76 Å². The average Bonchev–Trinajstić information content (AvgIpc) is 2.98. The summed E-state index contributed by atoms with van der Waals surface area (Å²) in [5.41, 5.74) is 1.51. The van der Waals surface area contributed by atoms with Crippen LogP contribution in [0.3, 0.4) is 0 Å². The van der Waals surface area contributed by atoms with Crippen molar-refractivity contribution in [1.29, 1.82) is 0 Å². The van der Waals surface area contributed by atoms with Crippen molar-refractivity contribution in [2.24, 2.45) is 16.3 Å². The predicted octanol–water partition coefficient (Wildman–Crippen LogP) is 4.26. The van der Waals surface area contributed by atoms with Gasteiger partial charge in [0.05, 0.1) is 12.2 Å². The summed E-state index contributed by atoms with van der Waals surface area (Å²) in [5, 5.41) is 7.21. The highest BCUT2D eigenvalue weighted by Gasteiger charge is 2.27. The summed E-state index contributed by atoms with van der Waals surface area (Å²) in [6, 6.07) is 0.564. The van der Waals surface area contributed by atoms with E-state index in [1.54, 1.807) is 0 Å². The van der Waals surface area contributed by atoms with Crippen LogP contribution < -0.4 is 10.6 Å². The number of piperidine rings is 1. The van der Waals surface area contributed by atoms with E-state index < -0.39 is 0 Å². The Morgan fingerprint density at radius 3 is 2.38 bits per heavy atom. The molecule has 166 valence electrons. The third-order valence-electron chi connectivity index (χ3n) is 6.60. The standard InChI is InChI=1S/C22H39N5O.HI/c1-16-17(2)28-20(25-16)15-27-12-8-18(9-13-27)14-24-21(23-5)26-19-6-10-22(3,4)11-7-19;/h18-19H,6-15H2,1-5H3,(H2,23,24,26);1H. The summed E-state index contributed by atoms with van der Waals surface area (Å²) in [5.74, 6) is 3.47. The van der Waals surface area contributed by atoms with E-state index in [1.807, 2.05) is 20.9 Å². The minimum absolute atomic E-state index is 0. The first kappa shape index (κ1) is 24.4. The molecule has 0 spiro atoms. The van der Waals surface area contributed by atoms with Crippen LogP contribution in [0.25, 0.3) is 0 Å². The lowest BCUT2D eigenvalue weighted by Gasteiger charge is -2.35. The van der Waals surface area contributed by atoms with E-state index in [4.69, 9.17) is 4.42 Å². The van der Waals surface area contributed by atoms with Crippen LogP contribution in [0.4, 0.5) is 0 Å². The third-order valence-corrected chi connectivity index (χ3v) is 6.60. The smallest absolute Gasteiger partial charge is 0.208 e. The lowest BCUT2D eigenvalue weighted by atomic mass is 9.75. The molecule has 7 heteroatoms. The zero-order valence-corrected chi connectivity index (χ0v) is 21.2. The molecule has 1 aromatic rings. The van der Waals surface area contributed by atoms with Gasteiger partial charge >= 0.3 is 0 Å². The molecule has 1 aliphatic heterocycles. The summed E-state index contributed by atoms with van der Waals surface area (Å²) in [7, 11) is 1.88. The maximum Gasteiger partial charge on any atom is 0.208 e. The number of oxazole rings is 1. The van der Waals surface area contributed by atoms with Crippen molar-refractivity contribution in [3.05, 3.63) is 17.3 Å². The van der Waals surface area contributed by atoms with Gasteiger partial charge in [-0.25, -0.2) is 4.98 Å². The monoisotopic (exact) mass is 517 g/mol. The van der Waals surface area contributed by atoms with Crippen LogP contribution >= 0.6 is 24.0 Å². The fraction of sp³-hybridized carbons (Fsp3) is 0.818. The Bertz CT molecular complexity index is 635. The molecule has 1 saturated carbocycles. The van der Waals surface area contributed by atoms with Gasteiger partial charge < -0.3 is 15.1 Å². The number of rotatable bonds is 5. The number of hydrogen-bond acceptors (Lipinski definition) is 4. The highest BCUT2D eigenvalue weighted by atomic mass is 127. The molecular weight excluding hydrogens is 477 g/mol. The van der Waals surface area contributed by atoms with Crippen LogP contribution in [0.2, 0.25) is 0 Å². The molecule has 0 unspecified atom stereocenters. The summed E-state index contributed by atoms with van der Waals surface area (Å²) >= 11 is 0. The van der Waals surface area contributed by atoms with Gasteiger partial charge in [-0.2, -0.15) is 0 Å². The van der Waals surface area contributed by atoms with E-state index in [0.717, 1.165) is 49.5 Å². The largest absolute Gasteiger partial charge is 0.444 e. The van der Waals surface area contributed by atoms with E-state index in [1.165, 1.54) is 38.5 Å². The van der Waals surface area contributed by atoms with Gasteiger partial charge in [0.25, 0.3) is 0 Å². The quantitative estimate of drug-likeness (QED) is 0.347. The van der Waals surface area contributed by atoms with Crippen molar-refractivity contribution >= 4 is 29.9 Å². The molecule has 0 atom stereocenters. The Morgan fingerprint density at radius 1 is 1.17 bits per heavy atom. The molecule has 0 bridgehead atoms. The summed E-state index contributed by atoms with van der Waals surface area (Å²) < 4.78 is 5.73. The number of nitrogens with one attached hydrogen (secondary N) is 2. The molecule has 29 heavy (non-hydrogen) atoms. The Balaban J connectivity index is 0.00000300. The van der Waals surface area contributed by atoms with Crippen LogP contribution in [0.15, 0.2) is 9.41 Å². The number of aryl methyl sites for hydroxylation is 2. The number of aromatic nitrogens is 1. The Hall–Kier alpha value is -0.830. The molecule has 6 nitrogen and oxygen atoms in total. The molecule has 2 N–H and O–H groups in total. The van der Waals surface area contributed by atoms with E-state index in [-0.39, 0.29) is 24.0 Å². The number of halogens is 1. The number of nitrogens with zero attached hydrogens (tertiary/aromatic N) is 3. The minimum atomic E-state index is 0. The molecule has 1 aliphatic carbocycles. The second kappa shape index (κ2) is 11.0. The normalized spacial score (nSPS) is 21.6. The minimum Gasteiger partial charge on any atom is -0.444 e. The first-order chi connectivity index (χ1) is 13.3. The fourth-order valence-electron chi connectivity index (χ4n) is 4.32. The number of aliphatic imine (C=N–C) groups is 1. The van der Waals surface area contributed by atoms with Gasteiger partial charge in [-0.1, -0.05) is 13.8 Å². The van der Waals surface area contributed by atoms with E-state index in [2.05, 4.69) is 39.4 Å². The first-order valence-corrected chi connectivity index (χ1v) is 11.0. The highest BCUT2D eigenvalue weighted by molar-refractivity contribution is 14.0. The molecule has 0 amide bonds. The van der Waals surface area contributed by atoms with Crippen molar-refractivity contribution in [3.8, 4) is 0 Å². The van der Waals surface area contributed by atoms with E-state index in [9.17, 15) is 0 Å². The van der Waals surface area contributed by atoms with Crippen LogP contribution in [0.1, 0.15) is 69.7 Å². The number of guanidine groups is 1. The number of likely N-dealkylation sites (tertiary alicyclic amines) is 1. The average molecular weight is 518 g/mol. The molecule has 0 radical (unpaired) electrons. The summed E-state index contributed by atoms with van der Waals surface area (Å²) in [6.07, 6.45) is 7.49. The molecule has 2 aliphatic rings. The molecular formula is C22H40IN5O. The second-order valence-corrected chi connectivity index (χ2v) is 9.50. The van der Waals surface area contributed by atoms with Gasteiger partial charge in [-0.15, -0.1) is 24.0 Å². The Kier molecular flexibility index (Phi) is 9.25. The van der Waals surface area contributed by atoms with Crippen molar-refractivity contribution < 1.29 is 4.42 Å². The molecule has 1 aromatic heterocycles. The van der Waals surface area contributed by atoms with Gasteiger partial charge in [0.15, 0.2) is 5.96 Å². The molecule has 2 fully saturated rings. The molecule has 1 saturated heterocycles. The maximum absolute atomic E-state index is 5.73. The lowest BCUT2D eigenvalue weighted by Crippen LogP contribution is -2.47. The van der Waals surface area contributed by atoms with Crippen LogP contribution in [0, 0.1) is 25.2 Å². The highest BCUT2D eigenvalue weighted by Crippen LogP contribution is 2.34. The van der Waals surface area contributed by atoms with Gasteiger partial charge in [-0.3, -0.25) is 9.89 Å². The molecule has 2 heterocycles.